The van der Waals surface area contributed by atoms with Crippen LogP contribution in [0.25, 0.3) is 0 Å². The SMILES string of the molecule is COc1cc(CNC(=O)[C@@]2(CCS(=O)(=O)c3ccccc3)COC(c3ccc(OCCCO)cc3)=N2)cc(OC)c1OC. The molecule has 0 aromatic heterocycles. The first-order valence-electron chi connectivity index (χ1n) is 13.7. The summed E-state index contributed by atoms with van der Waals surface area (Å²) in [6, 6.07) is 18.5. The zero-order chi connectivity index (χ0) is 30.9. The highest BCUT2D eigenvalue weighted by molar-refractivity contribution is 7.91. The van der Waals surface area contributed by atoms with Crippen molar-refractivity contribution in [2.75, 3.05) is 46.9 Å². The van der Waals surface area contributed by atoms with Crippen molar-refractivity contribution in [1.82, 2.24) is 5.32 Å². The molecule has 0 saturated carbocycles. The number of methoxy groups -OCH3 is 3. The Kier molecular flexibility index (Phi) is 10.5. The highest BCUT2D eigenvalue weighted by Gasteiger charge is 2.45. The van der Waals surface area contributed by atoms with E-state index in [0.717, 1.165) is 0 Å². The number of aliphatic hydroxyl groups excluding tert-OH is 1. The number of nitrogens with one attached hydrogen (secondary N) is 1. The number of carbonyl (C=O) groups is 1. The van der Waals surface area contributed by atoms with Crippen LogP contribution >= 0.6 is 0 Å². The van der Waals surface area contributed by atoms with Gasteiger partial charge in [0.1, 0.15) is 12.4 Å². The molecule has 11 nitrogen and oxygen atoms in total. The Bertz CT molecular complexity index is 1500. The van der Waals surface area contributed by atoms with Gasteiger partial charge in [-0.1, -0.05) is 18.2 Å². The average molecular weight is 613 g/mol. The van der Waals surface area contributed by atoms with Gasteiger partial charge in [-0.05, 0) is 60.5 Å². The third-order valence-electron chi connectivity index (χ3n) is 6.92. The second-order valence-electron chi connectivity index (χ2n) is 9.79. The van der Waals surface area contributed by atoms with Crippen molar-refractivity contribution < 1.29 is 42.0 Å². The quantitative estimate of drug-likeness (QED) is 0.248. The van der Waals surface area contributed by atoms with Gasteiger partial charge in [-0.15, -0.1) is 0 Å². The maximum absolute atomic E-state index is 13.8. The molecular formula is C31H36N2O9S. The molecule has 1 amide bonds. The third kappa shape index (κ3) is 7.57. The Labute approximate surface area is 251 Å². The lowest BCUT2D eigenvalue weighted by Crippen LogP contribution is -2.47. The minimum Gasteiger partial charge on any atom is -0.494 e. The number of nitrogens with zero attached hydrogens (tertiary/aromatic N) is 1. The Morgan fingerprint density at radius 3 is 2.28 bits per heavy atom. The zero-order valence-electron chi connectivity index (χ0n) is 24.4. The number of aliphatic imine (C=N–C) groups is 1. The third-order valence-corrected chi connectivity index (χ3v) is 8.65. The maximum Gasteiger partial charge on any atom is 0.251 e. The summed E-state index contributed by atoms with van der Waals surface area (Å²) in [6.07, 6.45) is 0.411. The van der Waals surface area contributed by atoms with Crippen molar-refractivity contribution in [3.8, 4) is 23.0 Å². The molecule has 1 heterocycles. The first-order valence-corrected chi connectivity index (χ1v) is 15.3. The van der Waals surface area contributed by atoms with Gasteiger partial charge < -0.3 is 34.1 Å². The van der Waals surface area contributed by atoms with Crippen molar-refractivity contribution in [1.29, 1.82) is 0 Å². The molecule has 1 atom stereocenters. The molecule has 0 saturated heterocycles. The predicted octanol–water partition coefficient (Wildman–Crippen LogP) is 3.17. The zero-order valence-corrected chi connectivity index (χ0v) is 25.2. The van der Waals surface area contributed by atoms with Crippen LogP contribution < -0.4 is 24.3 Å². The summed E-state index contributed by atoms with van der Waals surface area (Å²) in [4.78, 5) is 18.6. The molecule has 12 heteroatoms. The molecule has 2 N–H and O–H groups in total. The summed E-state index contributed by atoms with van der Waals surface area (Å²) >= 11 is 0. The van der Waals surface area contributed by atoms with E-state index in [1.807, 2.05) is 0 Å². The van der Waals surface area contributed by atoms with Crippen molar-refractivity contribution in [2.45, 2.75) is 29.8 Å². The monoisotopic (exact) mass is 612 g/mol. The molecule has 3 aromatic carbocycles. The number of sulfone groups is 1. The summed E-state index contributed by atoms with van der Waals surface area (Å²) in [5, 5.41) is 11.9. The highest BCUT2D eigenvalue weighted by Crippen LogP contribution is 2.38. The van der Waals surface area contributed by atoms with Gasteiger partial charge in [0.05, 0.1) is 38.6 Å². The van der Waals surface area contributed by atoms with Crippen LogP contribution in [0.5, 0.6) is 23.0 Å². The van der Waals surface area contributed by atoms with Crippen LogP contribution in [0, 0.1) is 0 Å². The normalized spacial score (nSPS) is 16.1. The number of hydrogen-bond acceptors (Lipinski definition) is 10. The van der Waals surface area contributed by atoms with E-state index in [-0.39, 0.29) is 42.7 Å². The number of rotatable bonds is 15. The molecule has 4 rings (SSSR count). The minimum atomic E-state index is -3.70. The molecule has 0 spiro atoms. The Balaban J connectivity index is 1.59. The van der Waals surface area contributed by atoms with Gasteiger partial charge in [0, 0.05) is 25.1 Å². The lowest BCUT2D eigenvalue weighted by Gasteiger charge is -2.23. The van der Waals surface area contributed by atoms with Gasteiger partial charge in [-0.3, -0.25) is 4.79 Å². The Morgan fingerprint density at radius 2 is 1.67 bits per heavy atom. The van der Waals surface area contributed by atoms with Crippen LogP contribution in [0.4, 0.5) is 0 Å². The number of carbonyl (C=O) groups excluding carboxylic acids is 1. The molecule has 1 aliphatic heterocycles. The molecule has 0 unspecified atom stereocenters. The van der Waals surface area contributed by atoms with Crippen molar-refractivity contribution in [3.63, 3.8) is 0 Å². The summed E-state index contributed by atoms with van der Waals surface area (Å²) < 4.78 is 54.0. The van der Waals surface area contributed by atoms with Crippen molar-refractivity contribution in [3.05, 3.63) is 77.9 Å². The highest BCUT2D eigenvalue weighted by atomic mass is 32.2. The fourth-order valence-electron chi connectivity index (χ4n) is 4.53. The Hall–Kier alpha value is -4.29. The summed E-state index contributed by atoms with van der Waals surface area (Å²) in [5.41, 5.74) is -0.205. The maximum atomic E-state index is 13.8. The average Bonchev–Trinajstić information content (AvgIpc) is 3.49. The molecule has 3 aromatic rings. The lowest BCUT2D eigenvalue weighted by atomic mass is 9.97. The van der Waals surface area contributed by atoms with Crippen LogP contribution in [0.2, 0.25) is 0 Å². The van der Waals surface area contributed by atoms with Gasteiger partial charge >= 0.3 is 0 Å². The minimum absolute atomic E-state index is 0.0341. The molecule has 43 heavy (non-hydrogen) atoms. The van der Waals surface area contributed by atoms with Crippen LogP contribution in [0.1, 0.15) is 24.0 Å². The first kappa shape index (κ1) is 31.6. The number of amides is 1. The van der Waals surface area contributed by atoms with Crippen molar-refractivity contribution in [2.24, 2.45) is 4.99 Å². The van der Waals surface area contributed by atoms with E-state index in [1.54, 1.807) is 54.6 Å². The van der Waals surface area contributed by atoms with Gasteiger partial charge in [-0.2, -0.15) is 0 Å². The fraction of sp³-hybridized carbons (Fsp3) is 0.355. The molecule has 0 radical (unpaired) electrons. The molecular weight excluding hydrogens is 576 g/mol. The van der Waals surface area contributed by atoms with Crippen LogP contribution in [-0.4, -0.2) is 77.8 Å². The van der Waals surface area contributed by atoms with Gasteiger partial charge in [0.15, 0.2) is 26.9 Å². The topological polar surface area (TPSA) is 142 Å². The second kappa shape index (κ2) is 14.3. The second-order valence-corrected chi connectivity index (χ2v) is 11.9. The molecule has 0 fully saturated rings. The van der Waals surface area contributed by atoms with Crippen LogP contribution in [-0.2, 0) is 25.9 Å². The number of ether oxygens (including phenoxy) is 5. The standard InChI is InChI=1S/C31H36N2O9S/c1-38-26-18-22(19-27(39-2)28(26)40-3)20-32-30(35)31(14-17-43(36,37)25-8-5-4-6-9-25)21-42-29(33-31)23-10-12-24(13-11-23)41-16-7-15-34/h4-6,8-13,18-19,34H,7,14-17,20-21H2,1-3H3,(H,32,35)/t31-/m1/s1. The molecule has 1 aliphatic rings. The first-order chi connectivity index (χ1) is 20.7. The van der Waals surface area contributed by atoms with Crippen molar-refractivity contribution >= 4 is 21.6 Å². The van der Waals surface area contributed by atoms with E-state index < -0.39 is 21.3 Å². The van der Waals surface area contributed by atoms with Gasteiger partial charge in [-0.25, -0.2) is 13.4 Å². The largest absolute Gasteiger partial charge is 0.494 e. The fourth-order valence-corrected chi connectivity index (χ4v) is 5.95. The van der Waals surface area contributed by atoms with Gasteiger partial charge in [0.2, 0.25) is 11.6 Å². The summed E-state index contributed by atoms with van der Waals surface area (Å²) in [5.74, 6) is 1.33. The van der Waals surface area contributed by atoms with E-state index in [2.05, 4.69) is 10.3 Å². The van der Waals surface area contributed by atoms with Crippen LogP contribution in [0.3, 0.4) is 0 Å². The molecule has 0 aliphatic carbocycles. The predicted molar refractivity (Wildman–Crippen MR) is 160 cm³/mol. The number of hydrogen-bond donors (Lipinski definition) is 2. The molecule has 230 valence electrons. The van der Waals surface area contributed by atoms with E-state index in [9.17, 15) is 13.2 Å². The van der Waals surface area contributed by atoms with E-state index >= 15 is 0 Å². The Morgan fingerprint density at radius 1 is 1.00 bits per heavy atom. The van der Waals surface area contributed by atoms with E-state index in [4.69, 9.17) is 28.8 Å². The number of aliphatic hydroxyl groups is 1. The van der Waals surface area contributed by atoms with E-state index in [1.165, 1.54) is 33.5 Å². The summed E-state index contributed by atoms with van der Waals surface area (Å²) in [6.45, 7) is 0.362. The van der Waals surface area contributed by atoms with E-state index in [0.29, 0.717) is 47.2 Å². The van der Waals surface area contributed by atoms with Crippen LogP contribution in [0.15, 0.2) is 76.6 Å². The lowest BCUT2D eigenvalue weighted by molar-refractivity contribution is -0.127. The number of benzene rings is 3. The summed E-state index contributed by atoms with van der Waals surface area (Å²) in [7, 11) is 0.809. The molecule has 0 bridgehead atoms. The smallest absolute Gasteiger partial charge is 0.251 e. The van der Waals surface area contributed by atoms with Gasteiger partial charge in [0.25, 0.3) is 5.91 Å².